The smallest absolute Gasteiger partial charge is 0.271 e. The highest BCUT2D eigenvalue weighted by Gasteiger charge is 2.17. The minimum absolute atomic E-state index is 0.0990. The van der Waals surface area contributed by atoms with E-state index in [2.05, 4.69) is 20.3 Å². The number of fused-ring (bicyclic) bond motifs is 1. The Morgan fingerprint density at radius 2 is 2.13 bits per heavy atom. The molecule has 0 fully saturated rings. The second kappa shape index (κ2) is 8.07. The summed E-state index contributed by atoms with van der Waals surface area (Å²) in [4.78, 5) is 37.7. The number of aryl methyl sites for hydroxylation is 2. The van der Waals surface area contributed by atoms with Crippen molar-refractivity contribution in [3.05, 3.63) is 58.4 Å². The Bertz CT molecular complexity index is 1230. The number of nitrogens with zero attached hydrogens (tertiary/aromatic N) is 4. The van der Waals surface area contributed by atoms with Crippen LogP contribution >= 0.6 is 11.3 Å². The van der Waals surface area contributed by atoms with Crippen LogP contribution in [0.1, 0.15) is 39.6 Å². The Kier molecular flexibility index (Phi) is 5.32. The van der Waals surface area contributed by atoms with Gasteiger partial charge < -0.3 is 15.5 Å². The second-order valence-electron chi connectivity index (χ2n) is 6.81. The molecule has 0 aliphatic heterocycles. The van der Waals surface area contributed by atoms with Gasteiger partial charge in [0, 0.05) is 17.8 Å². The Morgan fingerprint density at radius 3 is 2.87 bits per heavy atom. The van der Waals surface area contributed by atoms with E-state index in [9.17, 15) is 9.59 Å². The quantitative estimate of drug-likeness (QED) is 0.469. The molecule has 0 atom stereocenters. The normalized spacial score (nSPS) is 11.1. The van der Waals surface area contributed by atoms with Gasteiger partial charge in [0.05, 0.1) is 17.1 Å². The Morgan fingerprint density at radius 1 is 1.30 bits per heavy atom. The molecule has 4 aromatic rings. The largest absolute Gasteiger partial charge is 0.443 e. The molecule has 30 heavy (non-hydrogen) atoms. The van der Waals surface area contributed by atoms with Crippen LogP contribution in [0.25, 0.3) is 16.4 Å². The molecule has 2 amide bonds. The molecule has 0 aliphatic carbocycles. The van der Waals surface area contributed by atoms with Crippen molar-refractivity contribution in [1.82, 2.24) is 24.7 Å². The third kappa shape index (κ3) is 3.81. The molecular weight excluding hydrogens is 404 g/mol. The predicted octanol–water partition coefficient (Wildman–Crippen LogP) is 2.41. The van der Waals surface area contributed by atoms with Crippen molar-refractivity contribution in [3.63, 3.8) is 0 Å². The maximum Gasteiger partial charge on any atom is 0.271 e. The van der Waals surface area contributed by atoms with Gasteiger partial charge in [-0.2, -0.15) is 0 Å². The predicted molar refractivity (Wildman–Crippen MR) is 111 cm³/mol. The van der Waals surface area contributed by atoms with Gasteiger partial charge in [-0.15, -0.1) is 11.3 Å². The lowest BCUT2D eigenvalue weighted by Gasteiger charge is -2.11. The number of nitrogens with one attached hydrogen (secondary N) is 1. The summed E-state index contributed by atoms with van der Waals surface area (Å²) < 4.78 is 7.18. The zero-order valence-electron chi connectivity index (χ0n) is 16.5. The molecule has 0 saturated heterocycles. The molecule has 154 valence electrons. The first kappa shape index (κ1) is 19.8. The van der Waals surface area contributed by atoms with Crippen molar-refractivity contribution in [2.45, 2.75) is 33.2 Å². The minimum Gasteiger partial charge on any atom is -0.443 e. The number of carbonyl (C=O) groups is 2. The fraction of sp³-hybridized carbons (Fsp3) is 0.250. The van der Waals surface area contributed by atoms with Crippen molar-refractivity contribution < 1.29 is 14.0 Å². The summed E-state index contributed by atoms with van der Waals surface area (Å²) >= 11 is 1.54. The van der Waals surface area contributed by atoms with Crippen molar-refractivity contribution in [2.75, 3.05) is 0 Å². The first-order chi connectivity index (χ1) is 14.4. The number of hydrogen-bond acceptors (Lipinski definition) is 7. The van der Waals surface area contributed by atoms with E-state index in [-0.39, 0.29) is 11.6 Å². The summed E-state index contributed by atoms with van der Waals surface area (Å²) in [6.45, 7) is 4.05. The molecule has 0 aliphatic rings. The van der Waals surface area contributed by atoms with Gasteiger partial charge in [-0.3, -0.25) is 14.0 Å². The standard InChI is InChI=1S/C20H20N6O3S/c1-11-14(12(2)26-10-23-17(18(21)28)19(26)24-11)5-6-16(27)22-8-13-9-29-20(25-13)15-4-3-7-30-15/h3-4,7,9-10H,5-6,8H2,1-2H3,(H2,21,28)(H,22,27). The molecule has 4 rings (SSSR count). The van der Waals surface area contributed by atoms with Gasteiger partial charge in [0.2, 0.25) is 11.8 Å². The zero-order chi connectivity index (χ0) is 21.3. The van der Waals surface area contributed by atoms with Gasteiger partial charge in [-0.25, -0.2) is 15.0 Å². The summed E-state index contributed by atoms with van der Waals surface area (Å²) in [7, 11) is 0. The molecule has 0 unspecified atom stereocenters. The average Bonchev–Trinajstić information content (AvgIpc) is 3.45. The van der Waals surface area contributed by atoms with E-state index in [4.69, 9.17) is 10.2 Å². The summed E-state index contributed by atoms with van der Waals surface area (Å²) in [5.74, 6) is -0.167. The zero-order valence-corrected chi connectivity index (χ0v) is 17.3. The van der Waals surface area contributed by atoms with Crippen LogP contribution in [-0.2, 0) is 17.8 Å². The number of imidazole rings is 1. The number of nitrogens with two attached hydrogens (primary N) is 1. The Labute approximate surface area is 176 Å². The number of amides is 2. The average molecular weight is 424 g/mol. The molecule has 4 heterocycles. The van der Waals surface area contributed by atoms with Crippen LogP contribution in [0, 0.1) is 13.8 Å². The van der Waals surface area contributed by atoms with Crippen molar-refractivity contribution >= 4 is 28.8 Å². The molecule has 0 aromatic carbocycles. The third-order valence-corrected chi connectivity index (χ3v) is 5.69. The van der Waals surface area contributed by atoms with E-state index in [0.717, 1.165) is 21.8 Å². The van der Waals surface area contributed by atoms with E-state index in [0.29, 0.717) is 36.6 Å². The van der Waals surface area contributed by atoms with Crippen molar-refractivity contribution in [3.8, 4) is 10.8 Å². The highest BCUT2D eigenvalue weighted by molar-refractivity contribution is 7.13. The summed E-state index contributed by atoms with van der Waals surface area (Å²) in [5, 5.41) is 4.82. The van der Waals surface area contributed by atoms with Crippen LogP contribution in [-0.4, -0.2) is 31.2 Å². The summed E-state index contributed by atoms with van der Waals surface area (Å²) in [6, 6.07) is 3.86. The summed E-state index contributed by atoms with van der Waals surface area (Å²) in [6.07, 6.45) is 3.88. The van der Waals surface area contributed by atoms with Gasteiger partial charge in [0.25, 0.3) is 5.91 Å². The molecule has 0 spiro atoms. The van der Waals surface area contributed by atoms with Crippen LogP contribution in [0.5, 0.6) is 0 Å². The number of oxazole rings is 1. The van der Waals surface area contributed by atoms with Gasteiger partial charge >= 0.3 is 0 Å². The molecule has 0 bridgehead atoms. The number of thiophene rings is 1. The van der Waals surface area contributed by atoms with E-state index >= 15 is 0 Å². The van der Waals surface area contributed by atoms with E-state index in [1.54, 1.807) is 22.0 Å². The summed E-state index contributed by atoms with van der Waals surface area (Å²) in [5.41, 5.74) is 9.14. The first-order valence-corrected chi connectivity index (χ1v) is 10.2. The SMILES string of the molecule is Cc1nc2c(C(N)=O)ncn2c(C)c1CCC(=O)NCc1coc(-c2cccs2)n1. The second-order valence-corrected chi connectivity index (χ2v) is 7.76. The van der Waals surface area contributed by atoms with E-state index < -0.39 is 5.91 Å². The van der Waals surface area contributed by atoms with Crippen molar-refractivity contribution in [2.24, 2.45) is 5.73 Å². The number of primary amides is 1. The maximum absolute atomic E-state index is 12.3. The lowest BCUT2D eigenvalue weighted by Crippen LogP contribution is -2.23. The van der Waals surface area contributed by atoms with Crippen LogP contribution in [0.2, 0.25) is 0 Å². The molecule has 10 heteroatoms. The molecule has 9 nitrogen and oxygen atoms in total. The topological polar surface area (TPSA) is 128 Å². The van der Waals surface area contributed by atoms with Crippen LogP contribution in [0.15, 0.2) is 34.5 Å². The van der Waals surface area contributed by atoms with Crippen LogP contribution < -0.4 is 11.1 Å². The van der Waals surface area contributed by atoms with E-state index in [1.165, 1.54) is 6.33 Å². The highest BCUT2D eigenvalue weighted by atomic mass is 32.1. The van der Waals surface area contributed by atoms with Crippen molar-refractivity contribution in [1.29, 1.82) is 0 Å². The number of hydrogen-bond donors (Lipinski definition) is 2. The molecular formula is C20H20N6O3S. The lowest BCUT2D eigenvalue weighted by atomic mass is 10.1. The maximum atomic E-state index is 12.3. The number of aromatic nitrogens is 4. The lowest BCUT2D eigenvalue weighted by molar-refractivity contribution is -0.121. The fourth-order valence-electron chi connectivity index (χ4n) is 3.28. The van der Waals surface area contributed by atoms with Gasteiger partial charge in [-0.1, -0.05) is 6.07 Å². The minimum atomic E-state index is -0.619. The van der Waals surface area contributed by atoms with Gasteiger partial charge in [-0.05, 0) is 37.3 Å². The molecule has 0 radical (unpaired) electrons. The van der Waals surface area contributed by atoms with Crippen LogP contribution in [0.4, 0.5) is 0 Å². The van der Waals surface area contributed by atoms with Crippen LogP contribution in [0.3, 0.4) is 0 Å². The number of carbonyl (C=O) groups excluding carboxylic acids is 2. The number of rotatable bonds is 7. The Hall–Kier alpha value is -3.53. The van der Waals surface area contributed by atoms with E-state index in [1.807, 2.05) is 31.4 Å². The molecule has 4 aromatic heterocycles. The Balaban J connectivity index is 1.39. The monoisotopic (exact) mass is 424 g/mol. The highest BCUT2D eigenvalue weighted by Crippen LogP contribution is 2.23. The molecule has 0 saturated carbocycles. The molecule has 3 N–H and O–H groups in total. The fourth-order valence-corrected chi connectivity index (χ4v) is 3.94. The van der Waals surface area contributed by atoms with Gasteiger partial charge in [0.1, 0.15) is 12.6 Å². The van der Waals surface area contributed by atoms with Gasteiger partial charge in [0.15, 0.2) is 11.3 Å². The third-order valence-electron chi connectivity index (χ3n) is 4.84. The first-order valence-electron chi connectivity index (χ1n) is 9.32.